The van der Waals surface area contributed by atoms with Crippen LogP contribution in [0.4, 0.5) is 10.1 Å². The molecule has 1 aromatic carbocycles. The van der Waals surface area contributed by atoms with Crippen LogP contribution in [0.15, 0.2) is 36.4 Å². The van der Waals surface area contributed by atoms with Crippen LogP contribution >= 0.6 is 0 Å². The average molecular weight is 286 g/mol. The monoisotopic (exact) mass is 286 g/mol. The van der Waals surface area contributed by atoms with Crippen molar-refractivity contribution in [2.75, 3.05) is 18.6 Å². The second-order valence-corrected chi connectivity index (χ2v) is 4.90. The summed E-state index contributed by atoms with van der Waals surface area (Å²) >= 11 is 0. The minimum atomic E-state index is -0.646. The van der Waals surface area contributed by atoms with Crippen molar-refractivity contribution in [2.45, 2.75) is 12.8 Å². The molecule has 21 heavy (non-hydrogen) atoms. The quantitative estimate of drug-likeness (QED) is 0.797. The van der Waals surface area contributed by atoms with Crippen molar-refractivity contribution in [2.24, 2.45) is 0 Å². The number of methoxy groups -OCH3 is 1. The zero-order valence-electron chi connectivity index (χ0n) is 11.7. The van der Waals surface area contributed by atoms with E-state index in [4.69, 9.17) is 4.74 Å². The first kappa shape index (κ1) is 13.5. The van der Waals surface area contributed by atoms with Crippen molar-refractivity contribution in [1.82, 2.24) is 4.98 Å². The molecule has 0 atom stereocenters. The fourth-order valence-electron chi connectivity index (χ4n) is 2.58. The number of pyridine rings is 1. The van der Waals surface area contributed by atoms with E-state index in [1.165, 1.54) is 18.2 Å². The summed E-state index contributed by atoms with van der Waals surface area (Å²) < 4.78 is 18.4. The number of ether oxygens (including phenoxy) is 1. The van der Waals surface area contributed by atoms with Crippen molar-refractivity contribution in [3.63, 3.8) is 0 Å². The zero-order valence-corrected chi connectivity index (χ0v) is 11.7. The molecule has 1 aliphatic rings. The number of hydrogen-bond donors (Lipinski definition) is 0. The Morgan fingerprint density at radius 3 is 2.95 bits per heavy atom. The van der Waals surface area contributed by atoms with Crippen molar-refractivity contribution < 1.29 is 13.9 Å². The van der Waals surface area contributed by atoms with Gasteiger partial charge in [-0.25, -0.2) is 4.98 Å². The van der Waals surface area contributed by atoms with Gasteiger partial charge in [-0.3, -0.25) is 4.79 Å². The molecule has 0 saturated heterocycles. The van der Waals surface area contributed by atoms with Crippen LogP contribution in [0.3, 0.4) is 0 Å². The van der Waals surface area contributed by atoms with Gasteiger partial charge >= 0.3 is 0 Å². The molecular formula is C16H15FN2O2. The molecule has 1 amide bonds. The number of nitrogens with zero attached hydrogens (tertiary/aromatic N) is 2. The average Bonchev–Trinajstić information content (AvgIpc) is 2.53. The predicted octanol–water partition coefficient (Wildman–Crippen LogP) is 2.82. The fraction of sp³-hybridized carbons (Fsp3) is 0.250. The van der Waals surface area contributed by atoms with Crippen LogP contribution in [0.2, 0.25) is 0 Å². The third kappa shape index (κ3) is 2.59. The summed E-state index contributed by atoms with van der Waals surface area (Å²) in [5.41, 5.74) is 2.03. The first-order valence-electron chi connectivity index (χ1n) is 6.80. The summed E-state index contributed by atoms with van der Waals surface area (Å²) in [6.45, 7) is 0.607. The highest BCUT2D eigenvalue weighted by atomic mass is 19.1. The van der Waals surface area contributed by atoms with Gasteiger partial charge < -0.3 is 9.64 Å². The highest BCUT2D eigenvalue weighted by Gasteiger charge is 2.24. The van der Waals surface area contributed by atoms with Crippen molar-refractivity contribution in [3.05, 3.63) is 53.6 Å². The molecule has 0 aliphatic carbocycles. The third-order valence-electron chi connectivity index (χ3n) is 3.58. The lowest BCUT2D eigenvalue weighted by molar-refractivity contribution is 0.0979. The number of hydrogen-bond acceptors (Lipinski definition) is 3. The van der Waals surface area contributed by atoms with E-state index in [-0.39, 0.29) is 11.6 Å². The molecule has 3 rings (SSSR count). The SMILES string of the molecule is COc1ccc2c(c1)CCCN2C(=O)c1cccc(F)n1. The molecule has 1 aliphatic heterocycles. The summed E-state index contributed by atoms with van der Waals surface area (Å²) in [4.78, 5) is 17.9. The lowest BCUT2D eigenvalue weighted by Gasteiger charge is -2.29. The molecule has 0 unspecified atom stereocenters. The van der Waals surface area contributed by atoms with Gasteiger partial charge in [0.05, 0.1) is 7.11 Å². The Labute approximate surface area is 122 Å². The van der Waals surface area contributed by atoms with Gasteiger partial charge in [0.15, 0.2) is 0 Å². The van der Waals surface area contributed by atoms with Gasteiger partial charge in [0.25, 0.3) is 5.91 Å². The summed E-state index contributed by atoms with van der Waals surface area (Å²) in [6, 6.07) is 9.88. The standard InChI is InChI=1S/C16H15FN2O2/c1-21-12-7-8-14-11(10-12)4-3-9-19(14)16(20)13-5-2-6-15(17)18-13/h2,5-8,10H,3-4,9H2,1H3. The minimum absolute atomic E-state index is 0.124. The first-order chi connectivity index (χ1) is 10.2. The van der Waals surface area contributed by atoms with Crippen LogP contribution < -0.4 is 9.64 Å². The van der Waals surface area contributed by atoms with Gasteiger partial charge in [0.2, 0.25) is 5.95 Å². The van der Waals surface area contributed by atoms with Crippen LogP contribution in [0.1, 0.15) is 22.5 Å². The normalized spacial score (nSPS) is 13.7. The summed E-state index contributed by atoms with van der Waals surface area (Å²) in [7, 11) is 1.62. The molecule has 0 N–H and O–H groups in total. The van der Waals surface area contributed by atoms with E-state index in [0.29, 0.717) is 6.54 Å². The van der Waals surface area contributed by atoms with Crippen LogP contribution in [-0.2, 0) is 6.42 Å². The van der Waals surface area contributed by atoms with Crippen molar-refractivity contribution in [3.8, 4) is 5.75 Å². The van der Waals surface area contributed by atoms with Gasteiger partial charge in [-0.1, -0.05) is 6.07 Å². The Balaban J connectivity index is 1.96. The molecule has 0 fully saturated rings. The number of aromatic nitrogens is 1. The molecule has 0 bridgehead atoms. The van der Waals surface area contributed by atoms with Crippen LogP contribution in [0, 0.1) is 5.95 Å². The summed E-state index contributed by atoms with van der Waals surface area (Å²) in [6.07, 6.45) is 1.76. The number of carbonyl (C=O) groups excluding carboxylic acids is 1. The Morgan fingerprint density at radius 1 is 1.33 bits per heavy atom. The van der Waals surface area contributed by atoms with E-state index in [2.05, 4.69) is 4.98 Å². The van der Waals surface area contributed by atoms with E-state index in [9.17, 15) is 9.18 Å². The molecule has 0 saturated carbocycles. The maximum absolute atomic E-state index is 13.2. The fourth-order valence-corrected chi connectivity index (χ4v) is 2.58. The number of amides is 1. The highest BCUT2D eigenvalue weighted by molar-refractivity contribution is 6.05. The Morgan fingerprint density at radius 2 is 2.19 bits per heavy atom. The van der Waals surface area contributed by atoms with Crippen LogP contribution in [0.5, 0.6) is 5.75 Å². The van der Waals surface area contributed by atoms with E-state index < -0.39 is 5.95 Å². The predicted molar refractivity (Wildman–Crippen MR) is 77.2 cm³/mol. The number of halogens is 1. The molecule has 0 radical (unpaired) electrons. The van der Waals surface area contributed by atoms with Crippen LogP contribution in [0.25, 0.3) is 0 Å². The molecular weight excluding hydrogens is 271 g/mol. The number of anilines is 1. The number of aryl methyl sites for hydroxylation is 1. The van der Waals surface area contributed by atoms with Gasteiger partial charge in [0.1, 0.15) is 11.4 Å². The Hall–Kier alpha value is -2.43. The topological polar surface area (TPSA) is 42.4 Å². The number of rotatable bonds is 2. The third-order valence-corrected chi connectivity index (χ3v) is 3.58. The second kappa shape index (κ2) is 5.52. The summed E-state index contributed by atoms with van der Waals surface area (Å²) in [5.74, 6) is -0.152. The van der Waals surface area contributed by atoms with Gasteiger partial charge in [-0.15, -0.1) is 0 Å². The molecule has 2 heterocycles. The number of carbonyl (C=O) groups is 1. The van der Waals surface area contributed by atoms with E-state index >= 15 is 0 Å². The molecule has 108 valence electrons. The number of benzene rings is 1. The van der Waals surface area contributed by atoms with Crippen molar-refractivity contribution in [1.29, 1.82) is 0 Å². The molecule has 5 heteroatoms. The second-order valence-electron chi connectivity index (χ2n) is 4.90. The van der Waals surface area contributed by atoms with Crippen molar-refractivity contribution >= 4 is 11.6 Å². The highest BCUT2D eigenvalue weighted by Crippen LogP contribution is 2.31. The minimum Gasteiger partial charge on any atom is -0.497 e. The molecule has 0 spiro atoms. The largest absolute Gasteiger partial charge is 0.497 e. The van der Waals surface area contributed by atoms with E-state index in [1.54, 1.807) is 12.0 Å². The maximum Gasteiger partial charge on any atom is 0.276 e. The van der Waals surface area contributed by atoms with Gasteiger partial charge in [-0.05, 0) is 48.7 Å². The molecule has 2 aromatic rings. The van der Waals surface area contributed by atoms with E-state index in [1.807, 2.05) is 18.2 Å². The molecule has 1 aromatic heterocycles. The van der Waals surface area contributed by atoms with Crippen LogP contribution in [-0.4, -0.2) is 24.5 Å². The van der Waals surface area contributed by atoms with Gasteiger partial charge in [0, 0.05) is 12.2 Å². The number of fused-ring (bicyclic) bond motifs is 1. The van der Waals surface area contributed by atoms with E-state index in [0.717, 1.165) is 29.8 Å². The lowest BCUT2D eigenvalue weighted by atomic mass is 10.0. The molecule has 4 nitrogen and oxygen atoms in total. The Bertz CT molecular complexity index is 688. The first-order valence-corrected chi connectivity index (χ1v) is 6.80. The zero-order chi connectivity index (χ0) is 14.8. The summed E-state index contributed by atoms with van der Waals surface area (Å²) in [5, 5.41) is 0. The lowest BCUT2D eigenvalue weighted by Crippen LogP contribution is -2.36. The Kier molecular flexibility index (Phi) is 3.56. The smallest absolute Gasteiger partial charge is 0.276 e. The van der Waals surface area contributed by atoms with Gasteiger partial charge in [-0.2, -0.15) is 4.39 Å². The maximum atomic E-state index is 13.2.